The maximum atomic E-state index is 12.3. The second-order valence-electron chi connectivity index (χ2n) is 7.16. The summed E-state index contributed by atoms with van der Waals surface area (Å²) in [6.07, 6.45) is 10.9. The molecule has 2 aliphatic rings. The van der Waals surface area contributed by atoms with Crippen LogP contribution in [0, 0.1) is 5.92 Å². The average molecular weight is 362 g/mol. The van der Waals surface area contributed by atoms with Crippen LogP contribution in [0.5, 0.6) is 0 Å². The lowest BCUT2D eigenvalue weighted by Gasteiger charge is -2.47. The Morgan fingerprint density at radius 2 is 1.81 bits per heavy atom. The van der Waals surface area contributed by atoms with Crippen molar-refractivity contribution < 1.29 is 9.84 Å². The summed E-state index contributed by atoms with van der Waals surface area (Å²) in [5.74, 6) is -0.0505. The Kier molecular flexibility index (Phi) is 5.48. The van der Waals surface area contributed by atoms with Crippen LogP contribution in [0.4, 0.5) is 0 Å². The highest BCUT2D eigenvalue weighted by Crippen LogP contribution is 2.46. The molecule has 27 heavy (non-hydrogen) atoms. The summed E-state index contributed by atoms with van der Waals surface area (Å²) in [6.45, 7) is 2.95. The number of allylic oxidation sites excluding steroid dienone is 3. The molecule has 3 unspecified atom stereocenters. The number of hydrogen-bond acceptors (Lipinski definition) is 4. The molecule has 140 valence electrons. The second kappa shape index (κ2) is 8.17. The summed E-state index contributed by atoms with van der Waals surface area (Å²) < 4.78 is 5.59. The third-order valence-corrected chi connectivity index (χ3v) is 5.56. The predicted molar refractivity (Wildman–Crippen MR) is 106 cm³/mol. The van der Waals surface area contributed by atoms with Crippen LogP contribution < -0.4 is 0 Å². The Balaban J connectivity index is 1.85. The van der Waals surface area contributed by atoms with Gasteiger partial charge >= 0.3 is 0 Å². The lowest BCUT2D eigenvalue weighted by molar-refractivity contribution is -0.109. The minimum Gasteiger partial charge on any atom is -0.381 e. The molecule has 0 spiro atoms. The summed E-state index contributed by atoms with van der Waals surface area (Å²) in [7, 11) is 0. The fraction of sp³-hybridized carbons (Fsp3) is 0.348. The fourth-order valence-corrected chi connectivity index (χ4v) is 4.25. The van der Waals surface area contributed by atoms with Crippen molar-refractivity contribution in [1.82, 2.24) is 9.88 Å². The van der Waals surface area contributed by atoms with E-state index >= 15 is 0 Å². The number of nitrogens with zero attached hydrogens (tertiary/aromatic N) is 2. The zero-order chi connectivity index (χ0) is 18.5. The molecule has 1 aliphatic carbocycles. The minimum atomic E-state index is -1.14. The molecule has 0 amide bonds. The number of hydrogen-bond donors (Lipinski definition) is 1. The highest BCUT2D eigenvalue weighted by Gasteiger charge is 2.48. The molecule has 0 radical (unpaired) electrons. The van der Waals surface area contributed by atoms with Crippen LogP contribution in [0.2, 0.25) is 0 Å². The van der Waals surface area contributed by atoms with Crippen LogP contribution >= 0.6 is 0 Å². The van der Waals surface area contributed by atoms with Gasteiger partial charge in [0.25, 0.3) is 0 Å². The van der Waals surface area contributed by atoms with Gasteiger partial charge in [0, 0.05) is 25.2 Å². The summed E-state index contributed by atoms with van der Waals surface area (Å²) in [5.41, 5.74) is 0.687. The van der Waals surface area contributed by atoms with Crippen molar-refractivity contribution in [3.05, 3.63) is 90.3 Å². The molecular weight excluding hydrogens is 336 g/mol. The van der Waals surface area contributed by atoms with Crippen LogP contribution in [0.25, 0.3) is 0 Å². The zero-order valence-corrected chi connectivity index (χ0v) is 15.4. The molecule has 4 heteroatoms. The van der Waals surface area contributed by atoms with Crippen molar-refractivity contribution >= 4 is 0 Å². The van der Waals surface area contributed by atoms with Gasteiger partial charge in [-0.3, -0.25) is 9.88 Å². The van der Waals surface area contributed by atoms with Crippen molar-refractivity contribution in [2.45, 2.75) is 18.1 Å². The van der Waals surface area contributed by atoms with Gasteiger partial charge in [-0.25, -0.2) is 0 Å². The van der Waals surface area contributed by atoms with Gasteiger partial charge in [-0.15, -0.1) is 0 Å². The Morgan fingerprint density at radius 1 is 1.04 bits per heavy atom. The van der Waals surface area contributed by atoms with Crippen molar-refractivity contribution in [3.8, 4) is 0 Å². The van der Waals surface area contributed by atoms with Gasteiger partial charge in [-0.05, 0) is 24.1 Å². The summed E-state index contributed by atoms with van der Waals surface area (Å²) >= 11 is 0. The van der Waals surface area contributed by atoms with Crippen LogP contribution in [0.3, 0.4) is 0 Å². The molecule has 3 atom stereocenters. The Morgan fingerprint density at radius 3 is 2.48 bits per heavy atom. The van der Waals surface area contributed by atoms with E-state index in [1.54, 1.807) is 6.20 Å². The van der Waals surface area contributed by atoms with Crippen molar-refractivity contribution in [2.24, 2.45) is 5.92 Å². The van der Waals surface area contributed by atoms with Crippen LogP contribution in [-0.4, -0.2) is 41.3 Å². The smallest absolute Gasteiger partial charge is 0.132 e. The molecule has 4 rings (SSSR count). The normalized spacial score (nSPS) is 23.7. The highest BCUT2D eigenvalue weighted by molar-refractivity contribution is 5.31. The molecule has 0 saturated carbocycles. The average Bonchev–Trinajstić information content (AvgIpc) is 2.76. The van der Waals surface area contributed by atoms with Gasteiger partial charge in [0.1, 0.15) is 5.60 Å². The number of benzene rings is 1. The van der Waals surface area contributed by atoms with E-state index in [9.17, 15) is 5.11 Å². The van der Waals surface area contributed by atoms with E-state index in [-0.39, 0.29) is 12.0 Å². The monoisotopic (exact) mass is 362 g/mol. The number of ether oxygens (including phenoxy) is 1. The van der Waals surface area contributed by atoms with Crippen LogP contribution in [-0.2, 0) is 10.3 Å². The maximum Gasteiger partial charge on any atom is 0.132 e. The van der Waals surface area contributed by atoms with Crippen LogP contribution in [0.1, 0.15) is 23.7 Å². The number of aliphatic hydroxyl groups is 1. The van der Waals surface area contributed by atoms with E-state index in [4.69, 9.17) is 4.74 Å². The van der Waals surface area contributed by atoms with Gasteiger partial charge in [-0.1, -0.05) is 60.7 Å². The number of aromatic nitrogens is 1. The standard InChI is InChI=1S/C23H26N2O2/c26-23(20-11-5-2-6-12-20,21-13-7-8-14-24-21)22(19-9-3-1-4-10-19)25-15-17-27-18-16-25/h1-11,13-14,20,22,26H,12,15-18H2. The SMILES string of the molecule is OC(c1ccccn1)(C1C=CC=CC1)C(c1ccccc1)N1CCOCC1. The first-order valence-corrected chi connectivity index (χ1v) is 9.64. The van der Waals surface area contributed by atoms with E-state index in [0.29, 0.717) is 13.2 Å². The molecule has 2 aromatic rings. The molecule has 1 N–H and O–H groups in total. The molecule has 1 aliphatic heterocycles. The van der Waals surface area contributed by atoms with Gasteiger partial charge in [0.05, 0.1) is 24.9 Å². The lowest BCUT2D eigenvalue weighted by atomic mass is 9.72. The number of rotatable bonds is 5. The topological polar surface area (TPSA) is 45.6 Å². The summed E-state index contributed by atoms with van der Waals surface area (Å²) in [5, 5.41) is 12.3. The van der Waals surface area contributed by atoms with Crippen LogP contribution in [0.15, 0.2) is 79.0 Å². The van der Waals surface area contributed by atoms with Gasteiger partial charge in [0.2, 0.25) is 0 Å². The first-order chi connectivity index (χ1) is 13.3. The third kappa shape index (κ3) is 3.61. The Bertz CT molecular complexity index is 785. The molecule has 1 aromatic heterocycles. The number of morpholine rings is 1. The molecule has 1 fully saturated rings. The first kappa shape index (κ1) is 18.1. The molecular formula is C23H26N2O2. The summed E-state index contributed by atoms with van der Waals surface area (Å²) in [6, 6.07) is 15.9. The predicted octanol–water partition coefficient (Wildman–Crippen LogP) is 3.48. The number of pyridine rings is 1. The van der Waals surface area contributed by atoms with Crippen molar-refractivity contribution in [1.29, 1.82) is 0 Å². The van der Waals surface area contributed by atoms with Crippen molar-refractivity contribution in [2.75, 3.05) is 26.3 Å². The van der Waals surface area contributed by atoms with E-state index in [0.717, 1.165) is 30.8 Å². The van der Waals surface area contributed by atoms with E-state index in [1.165, 1.54) is 0 Å². The second-order valence-corrected chi connectivity index (χ2v) is 7.16. The largest absolute Gasteiger partial charge is 0.381 e. The molecule has 4 nitrogen and oxygen atoms in total. The zero-order valence-electron chi connectivity index (χ0n) is 15.4. The van der Waals surface area contributed by atoms with Crippen molar-refractivity contribution in [3.63, 3.8) is 0 Å². The molecule has 0 bridgehead atoms. The lowest BCUT2D eigenvalue weighted by Crippen LogP contribution is -2.52. The Hall–Kier alpha value is -2.27. The molecule has 1 saturated heterocycles. The van der Waals surface area contributed by atoms with Gasteiger partial charge < -0.3 is 9.84 Å². The molecule has 1 aromatic carbocycles. The van der Waals surface area contributed by atoms with E-state index in [1.807, 2.05) is 48.6 Å². The maximum absolute atomic E-state index is 12.3. The highest BCUT2D eigenvalue weighted by atomic mass is 16.5. The molecule has 2 heterocycles. The fourth-order valence-electron chi connectivity index (χ4n) is 4.25. The Labute approximate surface area is 160 Å². The quantitative estimate of drug-likeness (QED) is 0.885. The minimum absolute atomic E-state index is 0.0505. The first-order valence-electron chi connectivity index (χ1n) is 9.64. The van der Waals surface area contributed by atoms with Gasteiger partial charge in [0.15, 0.2) is 0 Å². The summed E-state index contributed by atoms with van der Waals surface area (Å²) in [4.78, 5) is 6.95. The third-order valence-electron chi connectivity index (χ3n) is 5.56. The van der Waals surface area contributed by atoms with E-state index < -0.39 is 5.60 Å². The van der Waals surface area contributed by atoms with Gasteiger partial charge in [-0.2, -0.15) is 0 Å². The van der Waals surface area contributed by atoms with E-state index in [2.05, 4.69) is 34.2 Å².